The van der Waals surface area contributed by atoms with E-state index in [0.717, 1.165) is 4.90 Å². The van der Waals surface area contributed by atoms with E-state index >= 15 is 0 Å². The first-order valence-corrected chi connectivity index (χ1v) is 7.53. The van der Waals surface area contributed by atoms with Crippen molar-refractivity contribution in [3.05, 3.63) is 24.2 Å². The van der Waals surface area contributed by atoms with Crippen molar-refractivity contribution in [2.45, 2.75) is 37.9 Å². The predicted molar refractivity (Wildman–Crippen MR) is 77.9 cm³/mol. The van der Waals surface area contributed by atoms with Crippen LogP contribution in [-0.4, -0.2) is 44.1 Å². The van der Waals surface area contributed by atoms with Crippen molar-refractivity contribution in [1.82, 2.24) is 19.4 Å². The maximum absolute atomic E-state index is 13.3. The summed E-state index contributed by atoms with van der Waals surface area (Å²) in [4.78, 5) is 22.0. The van der Waals surface area contributed by atoms with Gasteiger partial charge in [-0.1, -0.05) is 12.8 Å². The molecule has 1 aliphatic heterocycles. The second-order valence-corrected chi connectivity index (χ2v) is 5.79. The van der Waals surface area contributed by atoms with Crippen molar-refractivity contribution in [3.63, 3.8) is 0 Å². The number of fused-ring (bicyclic) bond motifs is 1. The summed E-state index contributed by atoms with van der Waals surface area (Å²) in [5.74, 6) is -0.625. The molecule has 1 unspecified atom stereocenters. The highest BCUT2D eigenvalue weighted by molar-refractivity contribution is 6.04. The minimum atomic E-state index is -4.42. The molecule has 5 nitrogen and oxygen atoms in total. The number of alkyl halides is 3. The molecule has 124 valence electrons. The van der Waals surface area contributed by atoms with Gasteiger partial charge in [-0.3, -0.25) is 4.79 Å². The third kappa shape index (κ3) is 2.89. The Kier molecular flexibility index (Phi) is 3.99. The Morgan fingerprint density at radius 2 is 2.04 bits per heavy atom. The van der Waals surface area contributed by atoms with E-state index in [4.69, 9.17) is 0 Å². The van der Waals surface area contributed by atoms with Crippen molar-refractivity contribution in [1.29, 1.82) is 0 Å². The van der Waals surface area contributed by atoms with E-state index < -0.39 is 18.1 Å². The van der Waals surface area contributed by atoms with E-state index in [9.17, 15) is 18.0 Å². The lowest BCUT2D eigenvalue weighted by atomic mass is 10.1. The van der Waals surface area contributed by atoms with Crippen molar-refractivity contribution in [3.8, 4) is 0 Å². The van der Waals surface area contributed by atoms with E-state index in [1.165, 1.54) is 18.6 Å². The number of carbonyl (C=O) groups excluding carboxylic acids is 1. The molecule has 2 aromatic rings. The highest BCUT2D eigenvalue weighted by atomic mass is 19.4. The van der Waals surface area contributed by atoms with Crippen LogP contribution < -0.4 is 0 Å². The maximum Gasteiger partial charge on any atom is 0.408 e. The van der Waals surface area contributed by atoms with Gasteiger partial charge >= 0.3 is 6.18 Å². The molecule has 0 bridgehead atoms. The molecular weight excluding hydrogens is 309 g/mol. The predicted octanol–water partition coefficient (Wildman–Crippen LogP) is 2.92. The van der Waals surface area contributed by atoms with Crippen LogP contribution in [-0.2, 0) is 7.05 Å². The standard InChI is InChI=1S/C15H17F3N4O/c1-21-9-20-12-10(6-7-19-13(12)21)14(23)22-8-4-2-3-5-11(22)15(16,17)18/h6-7,9,11H,2-5,8H2,1H3. The SMILES string of the molecule is Cn1cnc2c(C(=O)N3CCCCCC3C(F)(F)F)ccnc21. The molecule has 1 saturated heterocycles. The van der Waals surface area contributed by atoms with Crippen LogP contribution in [0, 0.1) is 0 Å². The number of aromatic nitrogens is 3. The summed E-state index contributed by atoms with van der Waals surface area (Å²) in [6.07, 6.45) is 0.210. The number of imidazole rings is 1. The summed E-state index contributed by atoms with van der Waals surface area (Å²) in [7, 11) is 1.72. The Morgan fingerprint density at radius 3 is 2.78 bits per heavy atom. The van der Waals surface area contributed by atoms with Crippen LogP contribution in [0.5, 0.6) is 0 Å². The Bertz CT molecular complexity index is 725. The molecule has 0 aliphatic carbocycles. The molecule has 0 aromatic carbocycles. The van der Waals surface area contributed by atoms with Crippen LogP contribution in [0.1, 0.15) is 36.0 Å². The minimum Gasteiger partial charge on any atom is -0.326 e. The van der Waals surface area contributed by atoms with Gasteiger partial charge in [-0.05, 0) is 18.9 Å². The van der Waals surface area contributed by atoms with Gasteiger partial charge in [0.25, 0.3) is 5.91 Å². The van der Waals surface area contributed by atoms with Gasteiger partial charge in [0.15, 0.2) is 5.65 Å². The monoisotopic (exact) mass is 326 g/mol. The van der Waals surface area contributed by atoms with Gasteiger partial charge in [0.1, 0.15) is 11.6 Å². The molecule has 8 heteroatoms. The van der Waals surface area contributed by atoms with Gasteiger partial charge < -0.3 is 9.47 Å². The fourth-order valence-electron chi connectivity index (χ4n) is 3.05. The third-order valence-electron chi connectivity index (χ3n) is 4.22. The number of rotatable bonds is 1. The molecule has 1 aliphatic rings. The van der Waals surface area contributed by atoms with Crippen LogP contribution in [0.2, 0.25) is 0 Å². The lowest BCUT2D eigenvalue weighted by Gasteiger charge is -2.31. The van der Waals surface area contributed by atoms with Crippen molar-refractivity contribution < 1.29 is 18.0 Å². The summed E-state index contributed by atoms with van der Waals surface area (Å²) >= 11 is 0. The lowest BCUT2D eigenvalue weighted by Crippen LogP contribution is -2.48. The summed E-state index contributed by atoms with van der Waals surface area (Å²) in [5, 5.41) is 0. The van der Waals surface area contributed by atoms with Gasteiger partial charge in [0.05, 0.1) is 11.9 Å². The average Bonchev–Trinajstić information content (AvgIpc) is 2.74. The summed E-state index contributed by atoms with van der Waals surface area (Å²) in [6.45, 7) is 0.111. The lowest BCUT2D eigenvalue weighted by molar-refractivity contribution is -0.177. The number of pyridine rings is 1. The Balaban J connectivity index is 2.02. The number of halogens is 3. The highest BCUT2D eigenvalue weighted by Gasteiger charge is 2.45. The van der Waals surface area contributed by atoms with Crippen LogP contribution in [0.4, 0.5) is 13.2 Å². The number of amides is 1. The van der Waals surface area contributed by atoms with Gasteiger partial charge in [0, 0.05) is 19.8 Å². The maximum atomic E-state index is 13.3. The largest absolute Gasteiger partial charge is 0.408 e. The Labute approximate surface area is 131 Å². The molecule has 0 saturated carbocycles. The summed E-state index contributed by atoms with van der Waals surface area (Å²) in [6, 6.07) is -0.292. The molecule has 1 amide bonds. The average molecular weight is 326 g/mol. The zero-order chi connectivity index (χ0) is 16.6. The summed E-state index contributed by atoms with van der Waals surface area (Å²) in [5.41, 5.74) is 0.992. The molecule has 0 N–H and O–H groups in total. The summed E-state index contributed by atoms with van der Waals surface area (Å²) < 4.78 is 41.7. The number of nitrogens with zero attached hydrogens (tertiary/aromatic N) is 4. The van der Waals surface area contributed by atoms with E-state index in [2.05, 4.69) is 9.97 Å². The zero-order valence-electron chi connectivity index (χ0n) is 12.7. The van der Waals surface area contributed by atoms with Crippen LogP contribution in [0.25, 0.3) is 11.2 Å². The van der Waals surface area contributed by atoms with Crippen LogP contribution in [0.15, 0.2) is 18.6 Å². The normalized spacial score (nSPS) is 19.8. The molecule has 1 fully saturated rings. The van der Waals surface area contributed by atoms with Gasteiger partial charge in [-0.15, -0.1) is 0 Å². The third-order valence-corrected chi connectivity index (χ3v) is 4.22. The Hall–Kier alpha value is -2.12. The van der Waals surface area contributed by atoms with E-state index in [1.54, 1.807) is 11.6 Å². The molecule has 0 radical (unpaired) electrons. The highest BCUT2D eigenvalue weighted by Crippen LogP contribution is 2.32. The molecular formula is C15H17F3N4O. The molecule has 3 rings (SSSR count). The fraction of sp³-hybridized carbons (Fsp3) is 0.533. The number of hydrogen-bond acceptors (Lipinski definition) is 3. The zero-order valence-corrected chi connectivity index (χ0v) is 12.7. The first-order chi connectivity index (χ1) is 10.9. The number of hydrogen-bond donors (Lipinski definition) is 0. The van der Waals surface area contributed by atoms with E-state index in [0.29, 0.717) is 30.4 Å². The topological polar surface area (TPSA) is 51.0 Å². The molecule has 23 heavy (non-hydrogen) atoms. The second-order valence-electron chi connectivity index (χ2n) is 5.79. The number of aryl methyl sites for hydroxylation is 1. The molecule has 3 heterocycles. The first kappa shape index (κ1) is 15.8. The minimum absolute atomic E-state index is 0.0499. The smallest absolute Gasteiger partial charge is 0.326 e. The molecule has 2 aromatic heterocycles. The fourth-order valence-corrected chi connectivity index (χ4v) is 3.05. The van der Waals surface area contributed by atoms with Gasteiger partial charge in [0.2, 0.25) is 0 Å². The van der Waals surface area contributed by atoms with Crippen molar-refractivity contribution >= 4 is 17.1 Å². The molecule has 1 atom stereocenters. The second kappa shape index (κ2) is 5.82. The van der Waals surface area contributed by atoms with Crippen molar-refractivity contribution in [2.75, 3.05) is 6.54 Å². The number of likely N-dealkylation sites (tertiary alicyclic amines) is 1. The van der Waals surface area contributed by atoms with Crippen LogP contribution in [0.3, 0.4) is 0 Å². The first-order valence-electron chi connectivity index (χ1n) is 7.53. The van der Waals surface area contributed by atoms with Gasteiger partial charge in [-0.2, -0.15) is 13.2 Å². The van der Waals surface area contributed by atoms with Gasteiger partial charge in [-0.25, -0.2) is 9.97 Å². The molecule has 0 spiro atoms. The van der Waals surface area contributed by atoms with E-state index in [1.807, 2.05) is 0 Å². The van der Waals surface area contributed by atoms with Crippen molar-refractivity contribution in [2.24, 2.45) is 7.05 Å². The Morgan fingerprint density at radius 1 is 1.26 bits per heavy atom. The van der Waals surface area contributed by atoms with E-state index in [-0.39, 0.29) is 18.5 Å². The quantitative estimate of drug-likeness (QED) is 0.810. The van der Waals surface area contributed by atoms with Crippen LogP contribution >= 0.6 is 0 Å². The number of carbonyl (C=O) groups is 1.